The molecule has 3 N–H and O–H groups in total. The zero-order chi connectivity index (χ0) is 26.0. The molecule has 0 spiro atoms. The number of nitrogens with one attached hydrogen (secondary N) is 1. The van der Waals surface area contributed by atoms with Gasteiger partial charge in [-0.2, -0.15) is 0 Å². The van der Waals surface area contributed by atoms with E-state index in [1.807, 2.05) is 24.3 Å². The van der Waals surface area contributed by atoms with Crippen molar-refractivity contribution in [3.8, 4) is 0 Å². The van der Waals surface area contributed by atoms with Gasteiger partial charge in [0.1, 0.15) is 0 Å². The molecule has 3 rings (SSSR count). The summed E-state index contributed by atoms with van der Waals surface area (Å²) in [6, 6.07) is 20.7. The molecule has 0 saturated carbocycles. The fraction of sp³-hybridized carbons (Fsp3) is 0.393. The minimum Gasteiger partial charge on any atom is -0.478 e. The van der Waals surface area contributed by atoms with Gasteiger partial charge in [-0.1, -0.05) is 60.7 Å². The number of rotatable bonds is 12. The molecule has 2 aromatic carbocycles. The Morgan fingerprint density at radius 2 is 1.47 bits per heavy atom. The summed E-state index contributed by atoms with van der Waals surface area (Å²) in [4.78, 5) is 34.4. The van der Waals surface area contributed by atoms with Crippen LogP contribution in [-0.4, -0.2) is 72.4 Å². The Bertz CT molecular complexity index is 927. The highest BCUT2D eigenvalue weighted by atomic mass is 16.5. The molecule has 1 amide bonds. The van der Waals surface area contributed by atoms with E-state index in [9.17, 15) is 14.4 Å². The lowest BCUT2D eigenvalue weighted by Gasteiger charge is -2.26. The van der Waals surface area contributed by atoms with Crippen LogP contribution in [-0.2, 0) is 25.5 Å². The van der Waals surface area contributed by atoms with E-state index in [1.54, 1.807) is 0 Å². The molecule has 194 valence electrons. The van der Waals surface area contributed by atoms with Crippen LogP contribution in [0.3, 0.4) is 0 Å². The number of benzene rings is 2. The van der Waals surface area contributed by atoms with Gasteiger partial charge in [0.2, 0.25) is 5.91 Å². The van der Waals surface area contributed by atoms with Crippen LogP contribution in [0.15, 0.2) is 72.8 Å². The second kappa shape index (κ2) is 17.0. The second-order valence-electron chi connectivity index (χ2n) is 8.45. The topological polar surface area (TPSA) is 116 Å². The summed E-state index contributed by atoms with van der Waals surface area (Å²) in [5.41, 5.74) is 2.45. The van der Waals surface area contributed by atoms with Crippen molar-refractivity contribution in [2.75, 3.05) is 39.4 Å². The molecule has 1 aliphatic rings. The van der Waals surface area contributed by atoms with Gasteiger partial charge in [0.25, 0.3) is 0 Å². The Hall–Kier alpha value is -3.49. The van der Waals surface area contributed by atoms with Crippen molar-refractivity contribution in [3.63, 3.8) is 0 Å². The predicted molar refractivity (Wildman–Crippen MR) is 138 cm³/mol. The predicted octanol–water partition coefficient (Wildman–Crippen LogP) is 3.34. The third kappa shape index (κ3) is 12.3. The van der Waals surface area contributed by atoms with Crippen LogP contribution in [0, 0.1) is 0 Å². The molecular formula is C28H36N2O6. The van der Waals surface area contributed by atoms with Crippen molar-refractivity contribution in [2.24, 2.45) is 0 Å². The zero-order valence-electron chi connectivity index (χ0n) is 20.6. The van der Waals surface area contributed by atoms with Crippen LogP contribution >= 0.6 is 0 Å². The van der Waals surface area contributed by atoms with Gasteiger partial charge in [0.15, 0.2) is 0 Å². The first-order chi connectivity index (χ1) is 17.5. The third-order valence-corrected chi connectivity index (χ3v) is 5.74. The molecule has 36 heavy (non-hydrogen) atoms. The maximum atomic E-state index is 12.9. The molecule has 1 heterocycles. The Kier molecular flexibility index (Phi) is 13.6. The molecule has 1 atom stereocenters. The van der Waals surface area contributed by atoms with Gasteiger partial charge < -0.3 is 20.3 Å². The minimum atomic E-state index is -1.26. The van der Waals surface area contributed by atoms with Crippen molar-refractivity contribution < 1.29 is 29.3 Å². The number of morpholine rings is 1. The maximum Gasteiger partial charge on any atom is 0.328 e. The summed E-state index contributed by atoms with van der Waals surface area (Å²) in [6.45, 7) is 5.40. The van der Waals surface area contributed by atoms with E-state index in [2.05, 4.69) is 46.6 Å². The van der Waals surface area contributed by atoms with Crippen LogP contribution in [0.1, 0.15) is 36.3 Å². The van der Waals surface area contributed by atoms with Crippen molar-refractivity contribution in [3.05, 3.63) is 83.9 Å². The van der Waals surface area contributed by atoms with Crippen LogP contribution < -0.4 is 5.32 Å². The molecule has 0 aromatic heterocycles. The summed E-state index contributed by atoms with van der Waals surface area (Å²) in [7, 11) is 0. The number of carbonyl (C=O) groups is 3. The van der Waals surface area contributed by atoms with Gasteiger partial charge in [-0.15, -0.1) is 0 Å². The Morgan fingerprint density at radius 1 is 0.889 bits per heavy atom. The maximum absolute atomic E-state index is 12.9. The number of carboxylic acids is 2. The van der Waals surface area contributed by atoms with E-state index in [0.29, 0.717) is 12.2 Å². The van der Waals surface area contributed by atoms with Crippen LogP contribution in [0.25, 0.3) is 0 Å². The van der Waals surface area contributed by atoms with Gasteiger partial charge >= 0.3 is 11.9 Å². The summed E-state index contributed by atoms with van der Waals surface area (Å²) in [6.07, 6.45) is 4.98. The van der Waals surface area contributed by atoms with Crippen molar-refractivity contribution in [1.82, 2.24) is 10.2 Å². The van der Waals surface area contributed by atoms with Crippen LogP contribution in [0.5, 0.6) is 0 Å². The number of aliphatic carboxylic acids is 2. The summed E-state index contributed by atoms with van der Waals surface area (Å²) < 4.78 is 5.38. The number of hydrogen-bond donors (Lipinski definition) is 3. The van der Waals surface area contributed by atoms with E-state index in [0.717, 1.165) is 70.6 Å². The normalized spacial score (nSPS) is 14.4. The average molecular weight is 497 g/mol. The molecule has 1 fully saturated rings. The van der Waals surface area contributed by atoms with Crippen molar-refractivity contribution in [1.29, 1.82) is 0 Å². The number of amides is 1. The number of hydrogen-bond acceptors (Lipinski definition) is 5. The van der Waals surface area contributed by atoms with Crippen molar-refractivity contribution in [2.45, 2.75) is 31.6 Å². The van der Waals surface area contributed by atoms with Crippen molar-refractivity contribution >= 4 is 17.8 Å². The standard InChI is InChI=1S/C24H32N2O2.C4H4O4/c27-24(25-15-8-16-26-17-19-28-20-18-26)23(22-12-5-2-6-13-22)14-7-11-21-9-3-1-4-10-21;5-3(6)1-2-4(7)8/h1-6,9-10,12-13,23H,7-8,11,14-20H2,(H,25,27);1-2H,(H,5,6)(H,7,8)/b;2-1-. The van der Waals surface area contributed by atoms with E-state index < -0.39 is 11.9 Å². The van der Waals surface area contributed by atoms with E-state index in [4.69, 9.17) is 14.9 Å². The highest BCUT2D eigenvalue weighted by Crippen LogP contribution is 2.22. The highest BCUT2D eigenvalue weighted by Gasteiger charge is 2.20. The molecule has 0 radical (unpaired) electrons. The molecule has 0 aliphatic carbocycles. The molecule has 8 heteroatoms. The Balaban J connectivity index is 0.000000493. The Labute approximate surface area is 212 Å². The monoisotopic (exact) mass is 496 g/mol. The fourth-order valence-electron chi connectivity index (χ4n) is 3.89. The van der Waals surface area contributed by atoms with Gasteiger partial charge in [-0.3, -0.25) is 9.69 Å². The number of aryl methyl sites for hydroxylation is 1. The highest BCUT2D eigenvalue weighted by molar-refractivity contribution is 5.89. The molecule has 1 unspecified atom stereocenters. The molecule has 0 bridgehead atoms. The molecule has 8 nitrogen and oxygen atoms in total. The number of nitrogens with zero attached hydrogens (tertiary/aromatic N) is 1. The number of carbonyl (C=O) groups excluding carboxylic acids is 1. The van der Waals surface area contributed by atoms with Gasteiger partial charge in [0.05, 0.1) is 19.1 Å². The SMILES string of the molecule is O=C(NCCCN1CCOCC1)C(CCCc1ccccc1)c1ccccc1.O=C(O)/C=C\C(=O)O. The first-order valence-electron chi connectivity index (χ1n) is 12.3. The summed E-state index contributed by atoms with van der Waals surface area (Å²) in [5, 5.41) is 18.8. The lowest BCUT2D eigenvalue weighted by Crippen LogP contribution is -2.38. The molecule has 1 aliphatic heterocycles. The largest absolute Gasteiger partial charge is 0.478 e. The zero-order valence-corrected chi connectivity index (χ0v) is 20.6. The first kappa shape index (κ1) is 28.7. The summed E-state index contributed by atoms with van der Waals surface area (Å²) >= 11 is 0. The number of carboxylic acid groups (broad SMARTS) is 2. The summed E-state index contributed by atoms with van der Waals surface area (Å²) in [5.74, 6) is -2.44. The average Bonchev–Trinajstić information content (AvgIpc) is 2.90. The second-order valence-corrected chi connectivity index (χ2v) is 8.45. The Morgan fingerprint density at radius 3 is 2.06 bits per heavy atom. The molecule has 2 aromatic rings. The van der Waals surface area contributed by atoms with Gasteiger partial charge in [-0.25, -0.2) is 9.59 Å². The van der Waals surface area contributed by atoms with E-state index in [-0.39, 0.29) is 11.8 Å². The quantitative estimate of drug-likeness (QED) is 0.305. The van der Waals surface area contributed by atoms with E-state index >= 15 is 0 Å². The van der Waals surface area contributed by atoms with E-state index in [1.165, 1.54) is 5.56 Å². The third-order valence-electron chi connectivity index (χ3n) is 5.74. The molecular weight excluding hydrogens is 460 g/mol. The number of ether oxygens (including phenoxy) is 1. The smallest absolute Gasteiger partial charge is 0.328 e. The van der Waals surface area contributed by atoms with Crippen LogP contribution in [0.2, 0.25) is 0 Å². The first-order valence-corrected chi connectivity index (χ1v) is 12.3. The molecule has 1 saturated heterocycles. The van der Waals surface area contributed by atoms with Crippen LogP contribution in [0.4, 0.5) is 0 Å². The van der Waals surface area contributed by atoms with Gasteiger partial charge in [0, 0.05) is 31.8 Å². The lowest BCUT2D eigenvalue weighted by molar-refractivity contribution is -0.134. The fourth-order valence-corrected chi connectivity index (χ4v) is 3.89. The van der Waals surface area contributed by atoms with Gasteiger partial charge in [-0.05, 0) is 43.4 Å². The lowest BCUT2D eigenvalue weighted by atomic mass is 9.91. The minimum absolute atomic E-state index is 0.0756.